The van der Waals surface area contributed by atoms with Crippen LogP contribution < -0.4 is 10.2 Å². The van der Waals surface area contributed by atoms with Crippen LogP contribution in [0.2, 0.25) is 0 Å². The second-order valence-corrected chi connectivity index (χ2v) is 4.50. The van der Waals surface area contributed by atoms with Crippen molar-refractivity contribution in [2.75, 3.05) is 0 Å². The molecule has 1 atom stereocenters. The first-order chi connectivity index (χ1) is 7.51. The van der Waals surface area contributed by atoms with Crippen LogP contribution in [0.5, 0.6) is 0 Å². The summed E-state index contributed by atoms with van der Waals surface area (Å²) < 4.78 is 0. The van der Waals surface area contributed by atoms with E-state index in [1.54, 1.807) is 19.2 Å². The Bertz CT molecular complexity index is 471. The van der Waals surface area contributed by atoms with E-state index in [9.17, 15) is 9.59 Å². The van der Waals surface area contributed by atoms with E-state index in [1.165, 1.54) is 0 Å². The number of carbonyl (C=O) groups is 1. The number of aromatic amines is 1. The first-order valence-electron chi connectivity index (χ1n) is 4.88. The Hall–Kier alpha value is -1.61. The van der Waals surface area contributed by atoms with Crippen LogP contribution in [0.15, 0.2) is 10.2 Å². The highest BCUT2D eigenvalue weighted by molar-refractivity contribution is 7.07. The first kappa shape index (κ1) is 12.5. The lowest BCUT2D eigenvalue weighted by molar-refractivity contribution is -0.127. The Morgan fingerprint density at radius 1 is 1.75 bits per heavy atom. The van der Waals surface area contributed by atoms with Gasteiger partial charge in [-0.15, -0.1) is 0 Å². The van der Waals surface area contributed by atoms with Crippen LogP contribution in [0.3, 0.4) is 0 Å². The zero-order valence-corrected chi connectivity index (χ0v) is 9.98. The molecule has 1 amide bonds. The molecule has 0 aromatic carbocycles. The van der Waals surface area contributed by atoms with E-state index < -0.39 is 5.41 Å². The molecule has 86 valence electrons. The van der Waals surface area contributed by atoms with Crippen LogP contribution in [-0.2, 0) is 11.3 Å². The fourth-order valence-corrected chi connectivity index (χ4v) is 1.64. The van der Waals surface area contributed by atoms with Crippen molar-refractivity contribution in [3.05, 3.63) is 20.7 Å². The number of H-pyrrole nitrogens is 1. The highest BCUT2D eigenvalue weighted by Gasteiger charge is 2.30. The molecule has 0 fully saturated rings. The Morgan fingerprint density at radius 3 is 2.88 bits per heavy atom. The average Bonchev–Trinajstić information content (AvgIpc) is 2.70. The molecule has 0 aliphatic rings. The highest BCUT2D eigenvalue weighted by Crippen LogP contribution is 2.19. The summed E-state index contributed by atoms with van der Waals surface area (Å²) in [4.78, 5) is 25.0. The van der Waals surface area contributed by atoms with Gasteiger partial charge in [0.25, 0.3) is 0 Å². The number of nitriles is 1. The lowest BCUT2D eigenvalue weighted by Crippen LogP contribution is -2.37. The van der Waals surface area contributed by atoms with Gasteiger partial charge in [-0.05, 0) is 13.3 Å². The number of thiazole rings is 1. The minimum absolute atomic E-state index is 0.150. The number of nitrogens with zero attached hydrogens (tertiary/aromatic N) is 1. The number of amides is 1. The van der Waals surface area contributed by atoms with Crippen LogP contribution in [0.4, 0.5) is 0 Å². The van der Waals surface area contributed by atoms with Crippen LogP contribution in [0.1, 0.15) is 26.0 Å². The Morgan fingerprint density at radius 2 is 2.44 bits per heavy atom. The van der Waals surface area contributed by atoms with Crippen molar-refractivity contribution in [1.29, 1.82) is 5.26 Å². The van der Waals surface area contributed by atoms with Gasteiger partial charge in [-0.2, -0.15) is 5.26 Å². The van der Waals surface area contributed by atoms with Crippen molar-refractivity contribution in [2.24, 2.45) is 5.41 Å². The molecule has 1 aromatic heterocycles. The third-order valence-corrected chi connectivity index (χ3v) is 3.18. The van der Waals surface area contributed by atoms with Crippen LogP contribution in [0.25, 0.3) is 0 Å². The van der Waals surface area contributed by atoms with Gasteiger partial charge in [0, 0.05) is 11.1 Å². The van der Waals surface area contributed by atoms with Gasteiger partial charge in [0.15, 0.2) is 0 Å². The Balaban J connectivity index is 2.60. The molecular formula is C10H13N3O2S. The van der Waals surface area contributed by atoms with E-state index in [-0.39, 0.29) is 17.3 Å². The number of rotatable bonds is 4. The second-order valence-electron chi connectivity index (χ2n) is 3.65. The topological polar surface area (TPSA) is 85.8 Å². The zero-order chi connectivity index (χ0) is 12.2. The number of nitrogens with one attached hydrogen (secondary N) is 2. The van der Waals surface area contributed by atoms with E-state index >= 15 is 0 Å². The quantitative estimate of drug-likeness (QED) is 0.821. The van der Waals surface area contributed by atoms with Gasteiger partial charge in [-0.3, -0.25) is 9.59 Å². The maximum Gasteiger partial charge on any atom is 0.304 e. The molecule has 1 heterocycles. The van der Waals surface area contributed by atoms with Crippen LogP contribution in [0, 0.1) is 16.7 Å². The molecule has 0 aliphatic carbocycles. The summed E-state index contributed by atoms with van der Waals surface area (Å²) in [6, 6.07) is 1.99. The fourth-order valence-electron chi connectivity index (χ4n) is 1.06. The largest absolute Gasteiger partial charge is 0.349 e. The molecular weight excluding hydrogens is 226 g/mol. The number of carbonyl (C=O) groups excluding carboxylic acids is 1. The lowest BCUT2D eigenvalue weighted by Gasteiger charge is -2.17. The van der Waals surface area contributed by atoms with Gasteiger partial charge in [0.2, 0.25) is 5.91 Å². The van der Waals surface area contributed by atoms with Crippen molar-refractivity contribution >= 4 is 17.2 Å². The minimum Gasteiger partial charge on any atom is -0.349 e. The van der Waals surface area contributed by atoms with Crippen molar-refractivity contribution in [3.63, 3.8) is 0 Å². The Kier molecular flexibility index (Phi) is 3.85. The summed E-state index contributed by atoms with van der Waals surface area (Å²) in [7, 11) is 0. The molecule has 0 saturated carbocycles. The monoisotopic (exact) mass is 239 g/mol. The van der Waals surface area contributed by atoms with Crippen molar-refractivity contribution in [2.45, 2.75) is 26.8 Å². The number of hydrogen-bond acceptors (Lipinski definition) is 4. The maximum atomic E-state index is 11.7. The third-order valence-electron chi connectivity index (χ3n) is 2.47. The van der Waals surface area contributed by atoms with Gasteiger partial charge in [0.05, 0.1) is 12.6 Å². The molecule has 6 heteroatoms. The Labute approximate surface area is 97.1 Å². The molecule has 0 spiro atoms. The number of hydrogen-bond donors (Lipinski definition) is 2. The van der Waals surface area contributed by atoms with E-state index in [1.807, 2.05) is 6.07 Å². The molecule has 0 bridgehead atoms. The average molecular weight is 239 g/mol. The van der Waals surface area contributed by atoms with Gasteiger partial charge in [-0.25, -0.2) is 0 Å². The predicted octanol–water partition coefficient (Wildman–Crippen LogP) is 0.992. The molecule has 1 aromatic rings. The first-order valence-corrected chi connectivity index (χ1v) is 5.76. The van der Waals surface area contributed by atoms with Gasteiger partial charge < -0.3 is 10.3 Å². The summed E-state index contributed by atoms with van der Waals surface area (Å²) in [5, 5.41) is 13.2. The van der Waals surface area contributed by atoms with Crippen molar-refractivity contribution in [1.82, 2.24) is 10.3 Å². The summed E-state index contributed by atoms with van der Waals surface area (Å²) in [5.74, 6) is -0.315. The van der Waals surface area contributed by atoms with Crippen molar-refractivity contribution in [3.8, 4) is 6.07 Å². The highest BCUT2D eigenvalue weighted by atomic mass is 32.1. The summed E-state index contributed by atoms with van der Waals surface area (Å²) >= 11 is 1.05. The van der Waals surface area contributed by atoms with E-state index in [4.69, 9.17) is 5.26 Å². The standard InChI is InChI=1S/C10H13N3O2S/c1-3-10(2,6-11)8(14)12-4-7-5-16-9(15)13-7/h5H,3-4H2,1-2H3,(H,12,14)(H,13,15). The molecule has 1 unspecified atom stereocenters. The SMILES string of the molecule is CCC(C)(C#N)C(=O)NCc1csc(=O)[nH]1. The van der Waals surface area contributed by atoms with Crippen molar-refractivity contribution < 1.29 is 4.79 Å². The van der Waals surface area contributed by atoms with Gasteiger partial charge >= 0.3 is 4.87 Å². The van der Waals surface area contributed by atoms with E-state index in [2.05, 4.69) is 10.3 Å². The predicted molar refractivity (Wildman–Crippen MR) is 60.8 cm³/mol. The van der Waals surface area contributed by atoms with Crippen LogP contribution >= 0.6 is 11.3 Å². The fraction of sp³-hybridized carbons (Fsp3) is 0.500. The molecule has 2 N–H and O–H groups in total. The zero-order valence-electron chi connectivity index (χ0n) is 9.16. The smallest absolute Gasteiger partial charge is 0.304 e. The summed E-state index contributed by atoms with van der Waals surface area (Å²) in [5.41, 5.74) is -0.351. The van der Waals surface area contributed by atoms with Gasteiger partial charge in [-0.1, -0.05) is 18.3 Å². The van der Waals surface area contributed by atoms with E-state index in [0.717, 1.165) is 11.3 Å². The molecule has 0 aliphatic heterocycles. The minimum atomic E-state index is -1.00. The number of aromatic nitrogens is 1. The molecule has 0 saturated heterocycles. The van der Waals surface area contributed by atoms with E-state index in [0.29, 0.717) is 12.1 Å². The summed E-state index contributed by atoms with van der Waals surface area (Å²) in [6.07, 6.45) is 0.454. The maximum absolute atomic E-state index is 11.7. The molecule has 5 nitrogen and oxygen atoms in total. The second kappa shape index (κ2) is 4.94. The molecule has 1 rings (SSSR count). The van der Waals surface area contributed by atoms with Crippen LogP contribution in [-0.4, -0.2) is 10.9 Å². The third kappa shape index (κ3) is 2.70. The molecule has 16 heavy (non-hydrogen) atoms. The molecule has 0 radical (unpaired) electrons. The lowest BCUT2D eigenvalue weighted by atomic mass is 9.88. The van der Waals surface area contributed by atoms with Gasteiger partial charge in [0.1, 0.15) is 5.41 Å². The normalized spacial score (nSPS) is 13.8. The summed E-state index contributed by atoms with van der Waals surface area (Å²) in [6.45, 7) is 3.63.